The van der Waals surface area contributed by atoms with Gasteiger partial charge in [-0.25, -0.2) is 0 Å². The second-order valence-corrected chi connectivity index (χ2v) is 5.30. The molecular weight excluding hydrogens is 168 g/mol. The quantitative estimate of drug-likeness (QED) is 0.585. The first-order valence-electron chi connectivity index (χ1n) is 6.38. The van der Waals surface area contributed by atoms with Gasteiger partial charge in [-0.1, -0.05) is 18.4 Å². The minimum atomic E-state index is 0.839. The zero-order valence-electron chi connectivity index (χ0n) is 8.97. The van der Waals surface area contributed by atoms with Crippen LogP contribution in [0.3, 0.4) is 0 Å². The Morgan fingerprint density at radius 2 is 2.14 bits per heavy atom. The molecule has 0 aliphatic heterocycles. The van der Waals surface area contributed by atoms with Gasteiger partial charge in [0, 0.05) is 0 Å². The average Bonchev–Trinajstić information content (AvgIpc) is 2.78. The molecule has 0 spiro atoms. The number of fused-ring (bicyclic) bond motifs is 1. The molecule has 0 saturated heterocycles. The standard InChI is InChI=1S/C14H20/c1-2-5-11(6-3-1)14-9-12-7-4-8-13(12)10-14/h9,12-14H,1-5,7-8,10H2. The van der Waals surface area contributed by atoms with Crippen LogP contribution in [-0.2, 0) is 0 Å². The monoisotopic (exact) mass is 188 g/mol. The van der Waals surface area contributed by atoms with E-state index >= 15 is 0 Å². The highest BCUT2D eigenvalue weighted by molar-refractivity contribution is 5.16. The molecule has 3 rings (SSSR count). The Bertz CT molecular complexity index is 226. The van der Waals surface area contributed by atoms with Crippen LogP contribution in [0.25, 0.3) is 0 Å². The van der Waals surface area contributed by atoms with Crippen LogP contribution >= 0.6 is 0 Å². The summed E-state index contributed by atoms with van der Waals surface area (Å²) in [4.78, 5) is 0. The van der Waals surface area contributed by atoms with E-state index in [0.717, 1.165) is 17.8 Å². The summed E-state index contributed by atoms with van der Waals surface area (Å²) in [5, 5.41) is 0. The molecule has 3 aliphatic carbocycles. The van der Waals surface area contributed by atoms with E-state index in [1.54, 1.807) is 5.57 Å². The van der Waals surface area contributed by atoms with E-state index in [9.17, 15) is 0 Å². The second-order valence-electron chi connectivity index (χ2n) is 5.30. The van der Waals surface area contributed by atoms with Gasteiger partial charge < -0.3 is 0 Å². The minimum Gasteiger partial charge on any atom is -0.0633 e. The van der Waals surface area contributed by atoms with Crippen LogP contribution in [0.2, 0.25) is 0 Å². The van der Waals surface area contributed by atoms with E-state index in [1.165, 1.54) is 51.4 Å². The lowest BCUT2D eigenvalue weighted by Gasteiger charge is -2.18. The molecule has 0 heterocycles. The molecule has 2 fully saturated rings. The maximum Gasteiger partial charge on any atom is -0.0160 e. The van der Waals surface area contributed by atoms with Crippen LogP contribution in [0.1, 0.15) is 51.4 Å². The summed E-state index contributed by atoms with van der Waals surface area (Å²) in [7, 11) is 0. The third-order valence-corrected chi connectivity index (χ3v) is 4.43. The summed E-state index contributed by atoms with van der Waals surface area (Å²) >= 11 is 0. The van der Waals surface area contributed by atoms with Crippen molar-refractivity contribution in [2.75, 3.05) is 0 Å². The van der Waals surface area contributed by atoms with Crippen LogP contribution in [0, 0.1) is 30.3 Å². The van der Waals surface area contributed by atoms with Gasteiger partial charge in [0.05, 0.1) is 0 Å². The van der Waals surface area contributed by atoms with Crippen LogP contribution < -0.4 is 0 Å². The van der Waals surface area contributed by atoms with Gasteiger partial charge in [0.1, 0.15) is 0 Å². The molecule has 2 saturated carbocycles. The molecule has 0 amide bonds. The number of rotatable bonds is 1. The van der Waals surface area contributed by atoms with Crippen LogP contribution in [0.15, 0.2) is 5.57 Å². The summed E-state index contributed by atoms with van der Waals surface area (Å²) in [5.41, 5.74) is 1.67. The summed E-state index contributed by atoms with van der Waals surface area (Å²) in [6.45, 7) is 0. The zero-order valence-corrected chi connectivity index (χ0v) is 8.97. The third kappa shape index (κ3) is 1.53. The third-order valence-electron chi connectivity index (χ3n) is 4.43. The fourth-order valence-electron chi connectivity index (χ4n) is 3.67. The Labute approximate surface area is 87.8 Å². The van der Waals surface area contributed by atoms with Crippen LogP contribution in [0.5, 0.6) is 0 Å². The van der Waals surface area contributed by atoms with Gasteiger partial charge in [0.15, 0.2) is 0 Å². The lowest BCUT2D eigenvalue weighted by Crippen LogP contribution is -2.05. The Morgan fingerprint density at radius 1 is 1.14 bits per heavy atom. The van der Waals surface area contributed by atoms with Gasteiger partial charge in [-0.15, -0.1) is 0 Å². The first-order chi connectivity index (χ1) is 6.93. The van der Waals surface area contributed by atoms with Gasteiger partial charge in [-0.2, -0.15) is 0 Å². The lowest BCUT2D eigenvalue weighted by molar-refractivity contribution is 0.473. The summed E-state index contributed by atoms with van der Waals surface area (Å²) in [6.07, 6.45) is 17.6. The highest BCUT2D eigenvalue weighted by Crippen LogP contribution is 2.49. The van der Waals surface area contributed by atoms with E-state index in [2.05, 4.69) is 12.5 Å². The second kappa shape index (κ2) is 3.72. The predicted molar refractivity (Wildman–Crippen MR) is 58.5 cm³/mol. The van der Waals surface area contributed by atoms with E-state index < -0.39 is 0 Å². The Kier molecular flexibility index (Phi) is 2.39. The Hall–Kier alpha value is -0.260. The van der Waals surface area contributed by atoms with E-state index in [4.69, 9.17) is 0 Å². The normalized spacial score (nSPS) is 42.3. The smallest absolute Gasteiger partial charge is 0.0160 e. The summed E-state index contributed by atoms with van der Waals surface area (Å²) in [6, 6.07) is 0. The van der Waals surface area contributed by atoms with Crippen molar-refractivity contribution >= 4 is 0 Å². The Morgan fingerprint density at radius 3 is 2.93 bits per heavy atom. The topological polar surface area (TPSA) is 0 Å². The molecule has 3 unspecified atom stereocenters. The lowest BCUT2D eigenvalue weighted by atomic mass is 9.87. The van der Waals surface area contributed by atoms with Crippen molar-refractivity contribution in [2.45, 2.75) is 51.4 Å². The van der Waals surface area contributed by atoms with Crippen molar-refractivity contribution < 1.29 is 0 Å². The molecule has 2 radical (unpaired) electrons. The van der Waals surface area contributed by atoms with Crippen molar-refractivity contribution in [3.05, 3.63) is 18.1 Å². The number of hydrogen-bond donors (Lipinski definition) is 0. The molecule has 0 bridgehead atoms. The highest BCUT2D eigenvalue weighted by Gasteiger charge is 2.38. The first-order valence-corrected chi connectivity index (χ1v) is 6.38. The largest absolute Gasteiger partial charge is 0.0633 e. The SMILES string of the molecule is [C]1=C(C2[CH]C3CCCC3C2)CCCC1. The highest BCUT2D eigenvalue weighted by atomic mass is 14.4. The van der Waals surface area contributed by atoms with Crippen molar-refractivity contribution in [3.8, 4) is 0 Å². The van der Waals surface area contributed by atoms with Crippen molar-refractivity contribution in [1.82, 2.24) is 0 Å². The fraction of sp³-hybridized carbons (Fsp3) is 0.786. The summed E-state index contributed by atoms with van der Waals surface area (Å²) in [5.74, 6) is 2.87. The number of hydrogen-bond acceptors (Lipinski definition) is 0. The molecule has 0 heteroatoms. The number of allylic oxidation sites excluding steroid dienone is 2. The molecule has 76 valence electrons. The minimum absolute atomic E-state index is 0.839. The maximum atomic E-state index is 3.64. The molecule has 14 heavy (non-hydrogen) atoms. The van der Waals surface area contributed by atoms with Crippen molar-refractivity contribution in [1.29, 1.82) is 0 Å². The van der Waals surface area contributed by atoms with Crippen molar-refractivity contribution in [2.24, 2.45) is 17.8 Å². The van der Waals surface area contributed by atoms with Gasteiger partial charge in [0.25, 0.3) is 0 Å². The van der Waals surface area contributed by atoms with E-state index in [1.807, 2.05) is 0 Å². The van der Waals surface area contributed by atoms with Gasteiger partial charge in [0.2, 0.25) is 0 Å². The van der Waals surface area contributed by atoms with Gasteiger partial charge in [-0.3, -0.25) is 0 Å². The van der Waals surface area contributed by atoms with Crippen molar-refractivity contribution in [3.63, 3.8) is 0 Å². The molecule has 0 N–H and O–H groups in total. The predicted octanol–water partition coefficient (Wildman–Crippen LogP) is 3.93. The molecule has 0 nitrogen and oxygen atoms in total. The van der Waals surface area contributed by atoms with Crippen LogP contribution in [-0.4, -0.2) is 0 Å². The molecular formula is C14H20. The maximum absolute atomic E-state index is 3.64. The Balaban J connectivity index is 1.67. The average molecular weight is 188 g/mol. The van der Waals surface area contributed by atoms with E-state index in [0.29, 0.717) is 0 Å². The molecule has 0 aromatic rings. The fourth-order valence-corrected chi connectivity index (χ4v) is 3.67. The van der Waals surface area contributed by atoms with Gasteiger partial charge >= 0.3 is 0 Å². The molecule has 3 atom stereocenters. The first kappa shape index (κ1) is 9.00. The molecule has 0 aromatic carbocycles. The summed E-state index contributed by atoms with van der Waals surface area (Å²) < 4.78 is 0. The van der Waals surface area contributed by atoms with E-state index in [-0.39, 0.29) is 0 Å². The zero-order chi connectivity index (χ0) is 9.38. The van der Waals surface area contributed by atoms with Gasteiger partial charge in [-0.05, 0) is 68.8 Å². The van der Waals surface area contributed by atoms with Crippen LogP contribution in [0.4, 0.5) is 0 Å². The molecule has 0 aromatic heterocycles. The molecule has 3 aliphatic rings.